The topological polar surface area (TPSA) is 75.0 Å². The van der Waals surface area contributed by atoms with Crippen LogP contribution >= 0.6 is 0 Å². The molecule has 0 aliphatic rings. The Balaban J connectivity index is 2.05. The van der Waals surface area contributed by atoms with E-state index in [0.29, 0.717) is 19.6 Å². The van der Waals surface area contributed by atoms with Gasteiger partial charge in [-0.1, -0.05) is 18.2 Å². The lowest BCUT2D eigenvalue weighted by molar-refractivity contribution is -0.117. The molecule has 2 rings (SSSR count). The third kappa shape index (κ3) is 4.90. The number of fused-ring (bicyclic) bond motifs is 1. The van der Waals surface area contributed by atoms with Crippen molar-refractivity contribution in [3.05, 3.63) is 47.7 Å². The van der Waals surface area contributed by atoms with Gasteiger partial charge in [-0.25, -0.2) is 0 Å². The summed E-state index contributed by atoms with van der Waals surface area (Å²) in [6, 6.07) is 11.4. The molecule has 1 aromatic heterocycles. The van der Waals surface area contributed by atoms with Gasteiger partial charge in [-0.3, -0.25) is 9.78 Å². The summed E-state index contributed by atoms with van der Waals surface area (Å²) in [5.74, 6) is -0.372. The molecule has 0 saturated carbocycles. The third-order valence-corrected chi connectivity index (χ3v) is 3.41. The maximum Gasteiger partial charge on any atom is 0.261 e. The van der Waals surface area contributed by atoms with Crippen LogP contribution in [-0.4, -0.2) is 30.1 Å². The Kier molecular flexibility index (Phi) is 6.47. The highest BCUT2D eigenvalue weighted by molar-refractivity contribution is 6.03. The van der Waals surface area contributed by atoms with Gasteiger partial charge in [0, 0.05) is 24.7 Å². The summed E-state index contributed by atoms with van der Waals surface area (Å²) in [7, 11) is 0. The number of para-hydroxylation sites is 1. The average molecular weight is 323 g/mol. The van der Waals surface area contributed by atoms with Crippen molar-refractivity contribution in [2.24, 2.45) is 0 Å². The molecular formula is C19H21N3O2. The van der Waals surface area contributed by atoms with Crippen molar-refractivity contribution in [3.8, 4) is 6.07 Å². The van der Waals surface area contributed by atoms with E-state index in [9.17, 15) is 10.1 Å². The lowest BCUT2D eigenvalue weighted by Crippen LogP contribution is -2.26. The van der Waals surface area contributed by atoms with E-state index in [0.717, 1.165) is 16.5 Å². The molecule has 1 heterocycles. The normalized spacial score (nSPS) is 11.5. The van der Waals surface area contributed by atoms with Crippen molar-refractivity contribution in [3.63, 3.8) is 0 Å². The van der Waals surface area contributed by atoms with Gasteiger partial charge in [0.25, 0.3) is 5.91 Å². The van der Waals surface area contributed by atoms with Crippen LogP contribution < -0.4 is 5.32 Å². The van der Waals surface area contributed by atoms with Crippen molar-refractivity contribution in [2.75, 3.05) is 13.2 Å². The Morgan fingerprint density at radius 3 is 2.92 bits per heavy atom. The van der Waals surface area contributed by atoms with Gasteiger partial charge in [-0.15, -0.1) is 0 Å². The zero-order chi connectivity index (χ0) is 17.4. The number of rotatable bonds is 7. The smallest absolute Gasteiger partial charge is 0.261 e. The van der Waals surface area contributed by atoms with Crippen LogP contribution in [0.1, 0.15) is 25.8 Å². The van der Waals surface area contributed by atoms with Crippen molar-refractivity contribution < 1.29 is 9.53 Å². The van der Waals surface area contributed by atoms with Gasteiger partial charge >= 0.3 is 0 Å². The predicted molar refractivity (Wildman–Crippen MR) is 94.0 cm³/mol. The van der Waals surface area contributed by atoms with E-state index in [-0.39, 0.29) is 17.6 Å². The van der Waals surface area contributed by atoms with Crippen LogP contribution in [0.15, 0.2) is 42.1 Å². The highest BCUT2D eigenvalue weighted by Crippen LogP contribution is 2.18. The first-order valence-electron chi connectivity index (χ1n) is 7.97. The number of ether oxygens (including phenoxy) is 1. The Morgan fingerprint density at radius 1 is 1.38 bits per heavy atom. The van der Waals surface area contributed by atoms with Crippen LogP contribution in [0.25, 0.3) is 17.0 Å². The van der Waals surface area contributed by atoms with E-state index in [2.05, 4.69) is 10.3 Å². The summed E-state index contributed by atoms with van der Waals surface area (Å²) in [6.45, 7) is 4.99. The SMILES string of the molecule is CC(C)OCCCNC(=O)/C(C#N)=C/c1ccnc2ccccc12. The number of carbonyl (C=O) groups excluding carboxylic acids is 1. The number of benzene rings is 1. The van der Waals surface area contributed by atoms with Gasteiger partial charge in [0.2, 0.25) is 0 Å². The molecule has 1 N–H and O–H groups in total. The van der Waals surface area contributed by atoms with E-state index in [1.165, 1.54) is 0 Å². The molecule has 1 aromatic carbocycles. The van der Waals surface area contributed by atoms with Crippen LogP contribution in [0, 0.1) is 11.3 Å². The van der Waals surface area contributed by atoms with Gasteiger partial charge in [-0.05, 0) is 44.0 Å². The third-order valence-electron chi connectivity index (χ3n) is 3.41. The highest BCUT2D eigenvalue weighted by Gasteiger charge is 2.09. The number of nitriles is 1. The fraction of sp³-hybridized carbons (Fsp3) is 0.316. The Morgan fingerprint density at radius 2 is 2.17 bits per heavy atom. The van der Waals surface area contributed by atoms with Crippen molar-refractivity contribution in [2.45, 2.75) is 26.4 Å². The second-order valence-corrected chi connectivity index (χ2v) is 5.62. The second kappa shape index (κ2) is 8.80. The molecule has 0 atom stereocenters. The molecule has 0 unspecified atom stereocenters. The number of carbonyl (C=O) groups is 1. The first kappa shape index (κ1) is 17.6. The molecule has 2 aromatic rings. The minimum Gasteiger partial charge on any atom is -0.379 e. The number of amides is 1. The molecule has 1 amide bonds. The maximum absolute atomic E-state index is 12.2. The molecule has 0 bridgehead atoms. The van der Waals surface area contributed by atoms with Gasteiger partial charge < -0.3 is 10.1 Å². The molecule has 0 radical (unpaired) electrons. The van der Waals surface area contributed by atoms with Gasteiger partial charge in [0.1, 0.15) is 11.6 Å². The fourth-order valence-electron chi connectivity index (χ4n) is 2.24. The molecule has 5 heteroatoms. The van der Waals surface area contributed by atoms with Crippen molar-refractivity contribution in [1.82, 2.24) is 10.3 Å². The van der Waals surface area contributed by atoms with Crippen LogP contribution in [0.2, 0.25) is 0 Å². The number of nitrogens with one attached hydrogen (secondary N) is 1. The molecule has 0 aliphatic carbocycles. The van der Waals surface area contributed by atoms with Crippen LogP contribution in [0.3, 0.4) is 0 Å². The van der Waals surface area contributed by atoms with E-state index in [4.69, 9.17) is 4.74 Å². The number of aromatic nitrogens is 1. The lowest BCUT2D eigenvalue weighted by Gasteiger charge is -2.08. The standard InChI is InChI=1S/C19H21N3O2/c1-14(2)24-11-5-9-22-19(23)16(13-20)12-15-8-10-21-18-7-4-3-6-17(15)18/h3-4,6-8,10,12,14H,5,9,11H2,1-2H3,(H,22,23)/b16-12+. The van der Waals surface area contributed by atoms with E-state index in [1.54, 1.807) is 18.3 Å². The number of hydrogen-bond acceptors (Lipinski definition) is 4. The largest absolute Gasteiger partial charge is 0.379 e. The monoisotopic (exact) mass is 323 g/mol. The molecule has 5 nitrogen and oxygen atoms in total. The molecule has 0 aliphatic heterocycles. The number of nitrogens with zero attached hydrogens (tertiary/aromatic N) is 2. The zero-order valence-electron chi connectivity index (χ0n) is 14.0. The van der Waals surface area contributed by atoms with Crippen LogP contribution in [0.4, 0.5) is 0 Å². The first-order chi connectivity index (χ1) is 11.6. The first-order valence-corrected chi connectivity index (χ1v) is 7.97. The van der Waals surface area contributed by atoms with Gasteiger partial charge in [0.05, 0.1) is 11.6 Å². The van der Waals surface area contributed by atoms with Crippen LogP contribution in [-0.2, 0) is 9.53 Å². The summed E-state index contributed by atoms with van der Waals surface area (Å²) >= 11 is 0. The summed E-state index contributed by atoms with van der Waals surface area (Å²) < 4.78 is 5.42. The van der Waals surface area contributed by atoms with Crippen molar-refractivity contribution in [1.29, 1.82) is 5.26 Å². The lowest BCUT2D eigenvalue weighted by atomic mass is 10.1. The molecule has 124 valence electrons. The number of pyridine rings is 1. The minimum atomic E-state index is -0.372. The van der Waals surface area contributed by atoms with E-state index in [1.807, 2.05) is 44.2 Å². The Bertz CT molecular complexity index is 770. The molecule has 0 spiro atoms. The van der Waals surface area contributed by atoms with Gasteiger partial charge in [-0.2, -0.15) is 5.26 Å². The number of hydrogen-bond donors (Lipinski definition) is 1. The molecule has 24 heavy (non-hydrogen) atoms. The minimum absolute atomic E-state index is 0.0798. The average Bonchev–Trinajstić information content (AvgIpc) is 2.59. The van der Waals surface area contributed by atoms with Crippen LogP contribution in [0.5, 0.6) is 0 Å². The maximum atomic E-state index is 12.2. The second-order valence-electron chi connectivity index (χ2n) is 5.62. The predicted octanol–water partition coefficient (Wildman–Crippen LogP) is 3.07. The zero-order valence-corrected chi connectivity index (χ0v) is 14.0. The quantitative estimate of drug-likeness (QED) is 0.483. The summed E-state index contributed by atoms with van der Waals surface area (Å²) in [4.78, 5) is 16.4. The summed E-state index contributed by atoms with van der Waals surface area (Å²) in [5, 5.41) is 12.9. The summed E-state index contributed by atoms with van der Waals surface area (Å²) in [5.41, 5.74) is 1.71. The molecule has 0 saturated heterocycles. The van der Waals surface area contributed by atoms with Crippen molar-refractivity contribution >= 4 is 22.9 Å². The highest BCUT2D eigenvalue weighted by atomic mass is 16.5. The molecule has 0 fully saturated rings. The van der Waals surface area contributed by atoms with Gasteiger partial charge in [0.15, 0.2) is 0 Å². The summed E-state index contributed by atoms with van der Waals surface area (Å²) in [6.07, 6.45) is 4.16. The van der Waals surface area contributed by atoms with E-state index < -0.39 is 0 Å². The Hall–Kier alpha value is -2.71. The molecular weight excluding hydrogens is 302 g/mol. The van der Waals surface area contributed by atoms with E-state index >= 15 is 0 Å². The Labute approximate surface area is 142 Å². The fourth-order valence-corrected chi connectivity index (χ4v) is 2.24.